The number of halogens is 2. The van der Waals surface area contributed by atoms with Crippen LogP contribution >= 0.6 is 0 Å². The van der Waals surface area contributed by atoms with E-state index in [9.17, 15) is 22.0 Å². The van der Waals surface area contributed by atoms with Crippen LogP contribution in [0.2, 0.25) is 0 Å². The van der Waals surface area contributed by atoms with E-state index >= 15 is 0 Å². The molecule has 0 bridgehead atoms. The van der Waals surface area contributed by atoms with Crippen LogP contribution < -0.4 is 4.72 Å². The minimum Gasteiger partial charge on any atom is -0.481 e. The van der Waals surface area contributed by atoms with E-state index < -0.39 is 44.5 Å². The second-order valence-electron chi connectivity index (χ2n) is 4.34. The molecule has 1 aliphatic rings. The quantitative estimate of drug-likeness (QED) is 0.821. The molecule has 20 heavy (non-hydrogen) atoms. The summed E-state index contributed by atoms with van der Waals surface area (Å²) in [5.74, 6) is -4.29. The van der Waals surface area contributed by atoms with Crippen LogP contribution in [0.5, 0.6) is 0 Å². The van der Waals surface area contributed by atoms with Crippen LogP contribution in [-0.2, 0) is 14.8 Å². The van der Waals surface area contributed by atoms with Crippen LogP contribution in [0.4, 0.5) is 8.78 Å². The van der Waals surface area contributed by atoms with Crippen molar-refractivity contribution in [3.63, 3.8) is 0 Å². The van der Waals surface area contributed by atoms with Gasteiger partial charge in [0.05, 0.1) is 5.92 Å². The summed E-state index contributed by atoms with van der Waals surface area (Å²) >= 11 is 0. The van der Waals surface area contributed by atoms with Gasteiger partial charge in [-0.25, -0.2) is 21.9 Å². The standard InChI is InChI=1S/C12H11F2NO4S/c13-9-2-1-3-10(14)11(9)20(18,19)15-8-5-4-7(6-8)12(16)17/h1-5,7-8,15H,6H2,(H,16,17). The summed E-state index contributed by atoms with van der Waals surface area (Å²) in [7, 11) is -4.40. The molecule has 1 aromatic carbocycles. The lowest BCUT2D eigenvalue weighted by molar-refractivity contribution is -0.140. The molecule has 1 aromatic rings. The van der Waals surface area contributed by atoms with Gasteiger partial charge in [0.2, 0.25) is 10.0 Å². The zero-order valence-corrected chi connectivity index (χ0v) is 10.9. The Hall–Kier alpha value is -1.80. The van der Waals surface area contributed by atoms with Gasteiger partial charge in [-0.2, -0.15) is 0 Å². The predicted molar refractivity (Wildman–Crippen MR) is 65.4 cm³/mol. The molecule has 5 nitrogen and oxygen atoms in total. The van der Waals surface area contributed by atoms with E-state index in [1.807, 2.05) is 0 Å². The summed E-state index contributed by atoms with van der Waals surface area (Å²) in [4.78, 5) is 9.68. The highest BCUT2D eigenvalue weighted by Gasteiger charge is 2.30. The monoisotopic (exact) mass is 303 g/mol. The van der Waals surface area contributed by atoms with Crippen LogP contribution in [0, 0.1) is 17.6 Å². The zero-order valence-electron chi connectivity index (χ0n) is 10.1. The molecule has 0 aromatic heterocycles. The second kappa shape index (κ2) is 5.29. The van der Waals surface area contributed by atoms with Crippen molar-refractivity contribution in [3.05, 3.63) is 42.0 Å². The molecule has 0 amide bonds. The lowest BCUT2D eigenvalue weighted by Crippen LogP contribution is -2.34. The van der Waals surface area contributed by atoms with Gasteiger partial charge in [0.1, 0.15) is 11.6 Å². The molecule has 1 aliphatic carbocycles. The Morgan fingerprint density at radius 2 is 1.85 bits per heavy atom. The van der Waals surface area contributed by atoms with Crippen molar-refractivity contribution in [3.8, 4) is 0 Å². The first-order chi connectivity index (χ1) is 9.31. The van der Waals surface area contributed by atoms with Crippen molar-refractivity contribution >= 4 is 16.0 Å². The molecule has 108 valence electrons. The first kappa shape index (κ1) is 14.6. The first-order valence-electron chi connectivity index (χ1n) is 5.69. The minimum atomic E-state index is -4.40. The van der Waals surface area contributed by atoms with Crippen molar-refractivity contribution in [2.45, 2.75) is 17.4 Å². The molecular weight excluding hydrogens is 292 g/mol. The third kappa shape index (κ3) is 2.86. The molecular formula is C12H11F2NO4S. The van der Waals surface area contributed by atoms with E-state index in [1.165, 1.54) is 12.2 Å². The zero-order chi connectivity index (χ0) is 14.9. The number of hydrogen-bond acceptors (Lipinski definition) is 3. The molecule has 0 heterocycles. The predicted octanol–water partition coefficient (Wildman–Crippen LogP) is 1.27. The molecule has 2 unspecified atom stereocenters. The fraction of sp³-hybridized carbons (Fsp3) is 0.250. The summed E-state index contributed by atoms with van der Waals surface area (Å²) < 4.78 is 52.9. The van der Waals surface area contributed by atoms with E-state index in [1.54, 1.807) is 0 Å². The maximum atomic E-state index is 13.5. The van der Waals surface area contributed by atoms with E-state index in [2.05, 4.69) is 4.72 Å². The number of nitrogens with one attached hydrogen (secondary N) is 1. The number of aliphatic carboxylic acids is 1. The maximum absolute atomic E-state index is 13.5. The van der Waals surface area contributed by atoms with Gasteiger partial charge in [-0.05, 0) is 18.6 Å². The van der Waals surface area contributed by atoms with E-state index in [0.29, 0.717) is 0 Å². The smallest absolute Gasteiger partial charge is 0.310 e. The van der Waals surface area contributed by atoms with Gasteiger partial charge in [-0.1, -0.05) is 18.2 Å². The van der Waals surface area contributed by atoms with Gasteiger partial charge in [-0.3, -0.25) is 4.79 Å². The third-order valence-corrected chi connectivity index (χ3v) is 4.44. The van der Waals surface area contributed by atoms with Crippen LogP contribution in [0.1, 0.15) is 6.42 Å². The summed E-state index contributed by atoms with van der Waals surface area (Å²) in [6.07, 6.45) is 2.70. The summed E-state index contributed by atoms with van der Waals surface area (Å²) in [6, 6.07) is 1.92. The second-order valence-corrected chi connectivity index (χ2v) is 5.99. The van der Waals surface area contributed by atoms with Crippen molar-refractivity contribution < 1.29 is 27.1 Å². The van der Waals surface area contributed by atoms with Crippen LogP contribution in [-0.4, -0.2) is 25.5 Å². The van der Waals surface area contributed by atoms with Gasteiger partial charge < -0.3 is 5.11 Å². The van der Waals surface area contributed by atoms with Gasteiger partial charge in [-0.15, -0.1) is 0 Å². The Bertz CT molecular complexity index is 652. The molecule has 2 atom stereocenters. The van der Waals surface area contributed by atoms with E-state index in [0.717, 1.165) is 18.2 Å². The van der Waals surface area contributed by atoms with Crippen molar-refractivity contribution in [2.24, 2.45) is 5.92 Å². The average Bonchev–Trinajstić information content (AvgIpc) is 2.76. The fourth-order valence-electron chi connectivity index (χ4n) is 1.97. The largest absolute Gasteiger partial charge is 0.481 e. The van der Waals surface area contributed by atoms with Crippen LogP contribution in [0.15, 0.2) is 35.2 Å². The third-order valence-electron chi connectivity index (χ3n) is 2.89. The Labute approximate surface area is 114 Å². The average molecular weight is 303 g/mol. The molecule has 0 spiro atoms. The van der Waals surface area contributed by atoms with Crippen molar-refractivity contribution in [2.75, 3.05) is 0 Å². The fourth-order valence-corrected chi connectivity index (χ4v) is 3.31. The number of carboxylic acid groups (broad SMARTS) is 1. The number of rotatable bonds is 4. The van der Waals surface area contributed by atoms with Gasteiger partial charge in [0, 0.05) is 6.04 Å². The Morgan fingerprint density at radius 3 is 2.35 bits per heavy atom. The molecule has 0 aliphatic heterocycles. The van der Waals surface area contributed by atoms with E-state index in [4.69, 9.17) is 5.11 Å². The number of carboxylic acids is 1. The summed E-state index contributed by atoms with van der Waals surface area (Å²) in [5, 5.41) is 8.79. The Balaban J connectivity index is 2.22. The number of benzene rings is 1. The lowest BCUT2D eigenvalue weighted by Gasteiger charge is -2.13. The number of carbonyl (C=O) groups is 1. The van der Waals surface area contributed by atoms with Crippen molar-refractivity contribution in [1.29, 1.82) is 0 Å². The molecule has 8 heteroatoms. The molecule has 0 saturated carbocycles. The summed E-state index contributed by atoms with van der Waals surface area (Å²) in [5.41, 5.74) is 0. The van der Waals surface area contributed by atoms with Crippen LogP contribution in [0.3, 0.4) is 0 Å². The molecule has 2 N–H and O–H groups in total. The van der Waals surface area contributed by atoms with Gasteiger partial charge in [0.15, 0.2) is 4.90 Å². The highest BCUT2D eigenvalue weighted by molar-refractivity contribution is 7.89. The Kier molecular flexibility index (Phi) is 3.87. The first-order valence-corrected chi connectivity index (χ1v) is 7.17. The Morgan fingerprint density at radius 1 is 1.25 bits per heavy atom. The van der Waals surface area contributed by atoms with Crippen molar-refractivity contribution in [1.82, 2.24) is 4.72 Å². The normalized spacial score (nSPS) is 22.1. The number of hydrogen-bond donors (Lipinski definition) is 2. The topological polar surface area (TPSA) is 83.5 Å². The highest BCUT2D eigenvalue weighted by atomic mass is 32.2. The van der Waals surface area contributed by atoms with Gasteiger partial charge in [0.25, 0.3) is 0 Å². The van der Waals surface area contributed by atoms with Crippen LogP contribution in [0.25, 0.3) is 0 Å². The molecule has 0 fully saturated rings. The van der Waals surface area contributed by atoms with E-state index in [-0.39, 0.29) is 6.42 Å². The van der Waals surface area contributed by atoms with Gasteiger partial charge >= 0.3 is 5.97 Å². The lowest BCUT2D eigenvalue weighted by atomic mass is 10.1. The SMILES string of the molecule is O=C(O)C1C=CC(NS(=O)(=O)c2c(F)cccc2F)C1. The maximum Gasteiger partial charge on any atom is 0.310 e. The highest BCUT2D eigenvalue weighted by Crippen LogP contribution is 2.22. The number of sulfonamides is 1. The molecule has 0 radical (unpaired) electrons. The molecule has 0 saturated heterocycles. The minimum absolute atomic E-state index is 0.00460. The summed E-state index contributed by atoms with van der Waals surface area (Å²) in [6.45, 7) is 0. The molecule has 2 rings (SSSR count).